The van der Waals surface area contributed by atoms with Gasteiger partial charge in [0, 0.05) is 25.0 Å². The molecule has 5 heteroatoms. The van der Waals surface area contributed by atoms with Gasteiger partial charge in [0.05, 0.1) is 15.9 Å². The van der Waals surface area contributed by atoms with Gasteiger partial charge < -0.3 is 0 Å². The van der Waals surface area contributed by atoms with Crippen molar-refractivity contribution in [1.29, 1.82) is 0 Å². The van der Waals surface area contributed by atoms with Gasteiger partial charge in [-0.2, -0.15) is 13.0 Å². The van der Waals surface area contributed by atoms with Crippen molar-refractivity contribution in [2.45, 2.75) is 62.8 Å². The molecule has 0 saturated heterocycles. The molecule has 1 aromatic heterocycles. The summed E-state index contributed by atoms with van der Waals surface area (Å²) in [6.45, 7) is 8.90. The second kappa shape index (κ2) is 5.92. The largest absolute Gasteiger partial charge is 0.294 e. The number of rotatable bonds is 4. The number of benzene rings is 1. The minimum absolute atomic E-state index is 0.0550. The molecule has 1 aliphatic rings. The van der Waals surface area contributed by atoms with Gasteiger partial charge in [0.2, 0.25) is 5.69 Å². The maximum atomic E-state index is 11.7. The molecule has 1 atom stereocenters. The van der Waals surface area contributed by atoms with E-state index in [2.05, 4.69) is 38.5 Å². The second-order valence-corrected chi connectivity index (χ2v) is 8.48. The number of fused-ring (bicyclic) bond motifs is 3. The molecule has 25 heavy (non-hydrogen) atoms. The molecular formula is C20H26NO3S+. The van der Waals surface area contributed by atoms with E-state index in [1.807, 2.05) is 24.3 Å². The van der Waals surface area contributed by atoms with Crippen LogP contribution in [0.25, 0.3) is 11.3 Å². The van der Waals surface area contributed by atoms with E-state index >= 15 is 0 Å². The van der Waals surface area contributed by atoms with E-state index < -0.39 is 10.1 Å². The molecule has 1 N–H and O–H groups in total. The first-order chi connectivity index (χ1) is 11.7. The average Bonchev–Trinajstić information content (AvgIpc) is 2.61. The van der Waals surface area contributed by atoms with Crippen molar-refractivity contribution in [2.24, 2.45) is 0 Å². The lowest BCUT2D eigenvalue weighted by molar-refractivity contribution is -0.769. The molecule has 2 heterocycles. The molecule has 1 aliphatic heterocycles. The molecule has 134 valence electrons. The number of nitrogens with zero attached hydrogens (tertiary/aromatic N) is 1. The summed E-state index contributed by atoms with van der Waals surface area (Å²) in [6.07, 6.45) is 5.00. The van der Waals surface area contributed by atoms with Crippen LogP contribution in [0.5, 0.6) is 0 Å². The van der Waals surface area contributed by atoms with Crippen LogP contribution >= 0.6 is 0 Å². The van der Waals surface area contributed by atoms with Crippen LogP contribution in [0.15, 0.2) is 47.5 Å². The minimum atomic E-state index is -4.23. The maximum Gasteiger partial charge on any atom is 0.294 e. The van der Waals surface area contributed by atoms with Gasteiger partial charge in [0.1, 0.15) is 0 Å². The molecular weight excluding hydrogens is 334 g/mol. The molecule has 0 bridgehead atoms. The van der Waals surface area contributed by atoms with Crippen LogP contribution in [-0.2, 0) is 21.1 Å². The first-order valence-electron chi connectivity index (χ1n) is 8.88. The molecule has 0 aliphatic carbocycles. The lowest BCUT2D eigenvalue weighted by Crippen LogP contribution is -2.68. The summed E-state index contributed by atoms with van der Waals surface area (Å²) < 4.78 is 35.1. The highest BCUT2D eigenvalue weighted by molar-refractivity contribution is 7.85. The second-order valence-electron chi connectivity index (χ2n) is 7.06. The van der Waals surface area contributed by atoms with E-state index in [-0.39, 0.29) is 15.8 Å². The first-order valence-corrected chi connectivity index (χ1v) is 10.3. The summed E-state index contributed by atoms with van der Waals surface area (Å²) in [5.74, 6) is 0. The van der Waals surface area contributed by atoms with Crippen molar-refractivity contribution in [2.75, 3.05) is 0 Å². The third kappa shape index (κ3) is 2.36. The summed E-state index contributed by atoms with van der Waals surface area (Å²) in [5, 5.41) is 0. The van der Waals surface area contributed by atoms with Gasteiger partial charge in [-0.3, -0.25) is 4.55 Å². The summed E-state index contributed by atoms with van der Waals surface area (Å²) in [7, 11) is -4.23. The SMILES string of the molecule is CCC1(C)c2ccc(S(=O)(=O)O)cc2-c2cccc[n+]2C1(CC)CC. The van der Waals surface area contributed by atoms with Crippen molar-refractivity contribution >= 4 is 10.1 Å². The fourth-order valence-electron chi connectivity index (χ4n) is 4.82. The van der Waals surface area contributed by atoms with Crippen LogP contribution in [0.1, 0.15) is 52.5 Å². The molecule has 0 fully saturated rings. The standard InChI is InChI=1S/C20H25NO3S/c1-5-19(4)17-12-11-15(25(22,23)24)14-16(17)18-10-8-9-13-21(18)20(19,6-2)7-3/h8-14H,5-7H2,1-4H3/p+1. The molecule has 3 rings (SSSR count). The van der Waals surface area contributed by atoms with Gasteiger partial charge in [-0.1, -0.05) is 26.8 Å². The van der Waals surface area contributed by atoms with Crippen LogP contribution in [0.4, 0.5) is 0 Å². The Labute approximate surface area is 150 Å². The predicted octanol–water partition coefficient (Wildman–Crippen LogP) is 4.08. The molecule has 0 amide bonds. The highest BCUT2D eigenvalue weighted by atomic mass is 32.2. The Morgan fingerprint density at radius 2 is 1.72 bits per heavy atom. The maximum absolute atomic E-state index is 11.7. The van der Waals surface area contributed by atoms with E-state index in [4.69, 9.17) is 0 Å². The van der Waals surface area contributed by atoms with Crippen LogP contribution in [-0.4, -0.2) is 13.0 Å². The van der Waals surface area contributed by atoms with E-state index in [1.54, 1.807) is 6.07 Å². The highest BCUT2D eigenvalue weighted by Crippen LogP contribution is 2.51. The summed E-state index contributed by atoms with van der Waals surface area (Å²) in [4.78, 5) is -0.0550. The van der Waals surface area contributed by atoms with Crippen molar-refractivity contribution in [3.8, 4) is 11.3 Å². The van der Waals surface area contributed by atoms with Gasteiger partial charge in [-0.05, 0) is 37.1 Å². The fraction of sp³-hybridized carbons (Fsp3) is 0.450. The molecule has 4 nitrogen and oxygen atoms in total. The first kappa shape index (κ1) is 18.1. The summed E-state index contributed by atoms with van der Waals surface area (Å²) in [6, 6.07) is 11.1. The molecule has 2 aromatic rings. The van der Waals surface area contributed by atoms with Gasteiger partial charge in [-0.15, -0.1) is 0 Å². The zero-order valence-electron chi connectivity index (χ0n) is 15.3. The zero-order chi connectivity index (χ0) is 18.5. The topological polar surface area (TPSA) is 58.3 Å². The van der Waals surface area contributed by atoms with Gasteiger partial charge >= 0.3 is 0 Å². The minimum Gasteiger partial charge on any atom is -0.282 e. The Kier molecular flexibility index (Phi) is 4.28. The van der Waals surface area contributed by atoms with Crippen LogP contribution in [0.2, 0.25) is 0 Å². The number of pyridine rings is 1. The van der Waals surface area contributed by atoms with Crippen molar-refractivity contribution in [3.05, 3.63) is 48.2 Å². The molecule has 1 unspecified atom stereocenters. The van der Waals surface area contributed by atoms with E-state index in [1.165, 1.54) is 6.07 Å². The third-order valence-corrected chi connectivity index (χ3v) is 7.23. The monoisotopic (exact) mass is 360 g/mol. The van der Waals surface area contributed by atoms with Crippen molar-refractivity contribution < 1.29 is 17.5 Å². The van der Waals surface area contributed by atoms with Gasteiger partial charge in [0.25, 0.3) is 10.1 Å². The smallest absolute Gasteiger partial charge is 0.282 e. The normalized spacial score (nSPS) is 21.5. The fourth-order valence-corrected chi connectivity index (χ4v) is 5.33. The molecule has 0 radical (unpaired) electrons. The lowest BCUT2D eigenvalue weighted by Gasteiger charge is -2.47. The van der Waals surface area contributed by atoms with E-state index in [9.17, 15) is 13.0 Å². The Morgan fingerprint density at radius 3 is 2.28 bits per heavy atom. The van der Waals surface area contributed by atoms with Gasteiger partial charge in [-0.25, -0.2) is 0 Å². The number of hydrogen-bond acceptors (Lipinski definition) is 2. The van der Waals surface area contributed by atoms with E-state index in [0.29, 0.717) is 0 Å². The Hall–Kier alpha value is -1.72. The van der Waals surface area contributed by atoms with Crippen LogP contribution < -0.4 is 4.57 Å². The number of hydrogen-bond donors (Lipinski definition) is 1. The quantitative estimate of drug-likeness (QED) is 0.660. The Morgan fingerprint density at radius 1 is 1.04 bits per heavy atom. The Bertz CT molecular complexity index is 916. The average molecular weight is 360 g/mol. The van der Waals surface area contributed by atoms with Crippen LogP contribution in [0, 0.1) is 0 Å². The zero-order valence-corrected chi connectivity index (χ0v) is 16.1. The predicted molar refractivity (Wildman–Crippen MR) is 98.1 cm³/mol. The van der Waals surface area contributed by atoms with Crippen LogP contribution in [0.3, 0.4) is 0 Å². The molecule has 0 spiro atoms. The summed E-state index contributed by atoms with van der Waals surface area (Å²) in [5.41, 5.74) is 2.82. The van der Waals surface area contributed by atoms with Gasteiger partial charge in [0.15, 0.2) is 11.7 Å². The van der Waals surface area contributed by atoms with Crippen molar-refractivity contribution in [3.63, 3.8) is 0 Å². The Balaban J connectivity index is 2.45. The third-order valence-electron chi connectivity index (χ3n) is 6.38. The van der Waals surface area contributed by atoms with E-state index in [0.717, 1.165) is 36.1 Å². The van der Waals surface area contributed by atoms with Crippen molar-refractivity contribution in [1.82, 2.24) is 0 Å². The number of aromatic nitrogens is 1. The highest BCUT2D eigenvalue weighted by Gasteiger charge is 2.58. The molecule has 0 saturated carbocycles. The molecule has 1 aromatic carbocycles. The summed E-state index contributed by atoms with van der Waals surface area (Å²) >= 11 is 0. The lowest BCUT2D eigenvalue weighted by atomic mass is 9.59.